The third-order valence-electron chi connectivity index (χ3n) is 5.11. The summed E-state index contributed by atoms with van der Waals surface area (Å²) in [7, 11) is -3.45. The average molecular weight is 542 g/mol. The number of nitrogens with two attached hydrogens (primary N) is 1. The summed E-state index contributed by atoms with van der Waals surface area (Å²) in [4.78, 5) is 4.70. The number of piperidine rings is 1. The molecule has 0 aromatic heterocycles. The molecule has 3 rings (SSSR count). The standard InChI is InChI=1S/C22H30N4O2S.HI/c1-17(2)19-9-7-10-20(15-19)25-22(23)24-16-18-8-6-11-21(14-18)29(27,28)26-12-4-3-5-13-26;/h6-11,14-15,17H,3-5,12-13,16H2,1-2H3,(H3,23,24,25);1H. The van der Waals surface area contributed by atoms with Crippen molar-refractivity contribution in [3.05, 3.63) is 59.7 Å². The first-order valence-electron chi connectivity index (χ1n) is 10.1. The first-order valence-corrected chi connectivity index (χ1v) is 11.6. The Morgan fingerprint density at radius 3 is 2.50 bits per heavy atom. The van der Waals surface area contributed by atoms with Crippen molar-refractivity contribution in [3.8, 4) is 0 Å². The van der Waals surface area contributed by atoms with Crippen LogP contribution >= 0.6 is 24.0 Å². The number of hydrogen-bond donors (Lipinski definition) is 2. The van der Waals surface area contributed by atoms with Gasteiger partial charge in [-0.15, -0.1) is 24.0 Å². The second kappa shape index (κ2) is 11.1. The normalized spacial score (nSPS) is 15.6. The number of halogens is 1. The van der Waals surface area contributed by atoms with E-state index >= 15 is 0 Å². The van der Waals surface area contributed by atoms with Gasteiger partial charge in [0.15, 0.2) is 5.96 Å². The molecular weight excluding hydrogens is 511 g/mol. The van der Waals surface area contributed by atoms with Gasteiger partial charge < -0.3 is 11.1 Å². The quantitative estimate of drug-likeness (QED) is 0.319. The van der Waals surface area contributed by atoms with Crippen LogP contribution in [-0.4, -0.2) is 31.8 Å². The lowest BCUT2D eigenvalue weighted by Crippen LogP contribution is -2.35. The zero-order valence-corrected chi connectivity index (χ0v) is 20.7. The number of hydrogen-bond acceptors (Lipinski definition) is 3. The zero-order valence-electron chi connectivity index (χ0n) is 17.5. The molecule has 0 radical (unpaired) electrons. The van der Waals surface area contributed by atoms with E-state index < -0.39 is 10.0 Å². The smallest absolute Gasteiger partial charge is 0.243 e. The van der Waals surface area contributed by atoms with E-state index in [0.717, 1.165) is 30.5 Å². The zero-order chi connectivity index (χ0) is 20.9. The maximum atomic E-state index is 12.9. The Bertz CT molecular complexity index is 971. The van der Waals surface area contributed by atoms with Crippen molar-refractivity contribution in [3.63, 3.8) is 0 Å². The van der Waals surface area contributed by atoms with Crippen LogP contribution in [0.1, 0.15) is 50.2 Å². The van der Waals surface area contributed by atoms with Gasteiger partial charge in [-0.2, -0.15) is 4.31 Å². The van der Waals surface area contributed by atoms with Crippen molar-refractivity contribution < 1.29 is 8.42 Å². The summed E-state index contributed by atoms with van der Waals surface area (Å²) in [5, 5.41) is 3.11. The van der Waals surface area contributed by atoms with Crippen LogP contribution in [0, 0.1) is 0 Å². The molecule has 0 unspecified atom stereocenters. The fourth-order valence-electron chi connectivity index (χ4n) is 3.40. The molecular formula is C22H31IN4O2S. The van der Waals surface area contributed by atoms with Gasteiger partial charge in [0.25, 0.3) is 0 Å². The number of guanidine groups is 1. The highest BCUT2D eigenvalue weighted by molar-refractivity contribution is 14.0. The van der Waals surface area contributed by atoms with Crippen LogP contribution in [0.15, 0.2) is 58.4 Å². The number of aliphatic imine (C=N–C) groups is 1. The van der Waals surface area contributed by atoms with Crippen LogP contribution in [0.25, 0.3) is 0 Å². The Hall–Kier alpha value is -1.65. The lowest BCUT2D eigenvalue weighted by atomic mass is 10.0. The van der Waals surface area contributed by atoms with Crippen molar-refractivity contribution >= 4 is 45.6 Å². The van der Waals surface area contributed by atoms with E-state index in [2.05, 4.69) is 36.3 Å². The van der Waals surface area contributed by atoms with Gasteiger partial charge in [-0.05, 0) is 54.2 Å². The summed E-state index contributed by atoms with van der Waals surface area (Å²) in [6.07, 6.45) is 2.93. The third-order valence-corrected chi connectivity index (χ3v) is 7.00. The molecule has 1 heterocycles. The number of sulfonamides is 1. The van der Waals surface area contributed by atoms with E-state index in [1.807, 2.05) is 18.2 Å². The SMILES string of the molecule is CC(C)c1cccc(NC(N)=NCc2cccc(S(=O)(=O)N3CCCCC3)c2)c1.I. The molecule has 0 aliphatic carbocycles. The molecule has 2 aromatic carbocycles. The van der Waals surface area contributed by atoms with Crippen LogP contribution < -0.4 is 11.1 Å². The molecule has 3 N–H and O–H groups in total. The second-order valence-electron chi connectivity index (χ2n) is 7.72. The molecule has 6 nitrogen and oxygen atoms in total. The van der Waals surface area contributed by atoms with Crippen LogP contribution in [0.3, 0.4) is 0 Å². The molecule has 0 amide bonds. The molecule has 2 aromatic rings. The number of benzene rings is 2. The predicted octanol–water partition coefficient (Wildman–Crippen LogP) is 4.53. The highest BCUT2D eigenvalue weighted by Gasteiger charge is 2.25. The minimum absolute atomic E-state index is 0. The number of anilines is 1. The van der Waals surface area contributed by atoms with Gasteiger partial charge in [0.1, 0.15) is 0 Å². The monoisotopic (exact) mass is 542 g/mol. The first kappa shape index (κ1) is 24.6. The van der Waals surface area contributed by atoms with E-state index in [1.165, 1.54) is 5.56 Å². The Kier molecular flexibility index (Phi) is 9.11. The number of nitrogens with zero attached hydrogens (tertiary/aromatic N) is 2. The number of rotatable bonds is 6. The molecule has 1 fully saturated rings. The fraction of sp³-hybridized carbons (Fsp3) is 0.409. The number of nitrogens with one attached hydrogen (secondary N) is 1. The van der Waals surface area contributed by atoms with Crippen molar-refractivity contribution in [2.45, 2.75) is 50.5 Å². The topological polar surface area (TPSA) is 87.8 Å². The summed E-state index contributed by atoms with van der Waals surface area (Å²) in [5.74, 6) is 0.731. The fourth-order valence-corrected chi connectivity index (χ4v) is 4.99. The largest absolute Gasteiger partial charge is 0.370 e. The highest BCUT2D eigenvalue weighted by Crippen LogP contribution is 2.22. The van der Waals surface area contributed by atoms with Gasteiger partial charge in [0, 0.05) is 18.8 Å². The second-order valence-corrected chi connectivity index (χ2v) is 9.66. The lowest BCUT2D eigenvalue weighted by molar-refractivity contribution is 0.346. The molecule has 0 bridgehead atoms. The third kappa shape index (κ3) is 6.42. The summed E-state index contributed by atoms with van der Waals surface area (Å²) in [6, 6.07) is 15.0. The van der Waals surface area contributed by atoms with Gasteiger partial charge in [-0.25, -0.2) is 13.4 Å². The van der Waals surface area contributed by atoms with Crippen molar-refractivity contribution in [1.82, 2.24) is 4.31 Å². The van der Waals surface area contributed by atoms with Crippen molar-refractivity contribution in [2.24, 2.45) is 10.7 Å². The summed E-state index contributed by atoms with van der Waals surface area (Å²) < 4.78 is 27.3. The van der Waals surface area contributed by atoms with Crippen LogP contribution in [0.4, 0.5) is 5.69 Å². The maximum absolute atomic E-state index is 12.9. The van der Waals surface area contributed by atoms with Crippen molar-refractivity contribution in [2.75, 3.05) is 18.4 Å². The van der Waals surface area contributed by atoms with Gasteiger partial charge in [-0.3, -0.25) is 0 Å². The Labute approximate surface area is 197 Å². The summed E-state index contributed by atoms with van der Waals surface area (Å²) in [5.41, 5.74) is 8.95. The molecule has 1 aliphatic heterocycles. The lowest BCUT2D eigenvalue weighted by Gasteiger charge is -2.26. The minimum atomic E-state index is -3.45. The molecule has 1 saturated heterocycles. The molecule has 164 valence electrons. The Balaban J connectivity index is 0.00000320. The molecule has 8 heteroatoms. The molecule has 0 atom stereocenters. The van der Waals surface area contributed by atoms with E-state index in [-0.39, 0.29) is 24.0 Å². The van der Waals surface area contributed by atoms with Gasteiger partial charge >= 0.3 is 0 Å². The maximum Gasteiger partial charge on any atom is 0.243 e. The van der Waals surface area contributed by atoms with Gasteiger partial charge in [0.2, 0.25) is 10.0 Å². The van der Waals surface area contributed by atoms with E-state index in [0.29, 0.717) is 36.4 Å². The molecule has 1 aliphatic rings. The Morgan fingerprint density at radius 1 is 1.10 bits per heavy atom. The van der Waals surface area contributed by atoms with Crippen LogP contribution in [0.2, 0.25) is 0 Å². The highest BCUT2D eigenvalue weighted by atomic mass is 127. The molecule has 0 saturated carbocycles. The first-order chi connectivity index (χ1) is 13.9. The Morgan fingerprint density at radius 2 is 1.80 bits per heavy atom. The summed E-state index contributed by atoms with van der Waals surface area (Å²) >= 11 is 0. The minimum Gasteiger partial charge on any atom is -0.370 e. The van der Waals surface area contributed by atoms with Crippen molar-refractivity contribution in [1.29, 1.82) is 0 Å². The van der Waals surface area contributed by atoms with Gasteiger partial charge in [-0.1, -0.05) is 44.5 Å². The van der Waals surface area contributed by atoms with E-state index in [1.54, 1.807) is 22.5 Å². The van der Waals surface area contributed by atoms with E-state index in [4.69, 9.17) is 5.73 Å². The van der Waals surface area contributed by atoms with E-state index in [9.17, 15) is 8.42 Å². The summed E-state index contributed by atoms with van der Waals surface area (Å²) in [6.45, 7) is 5.78. The van der Waals surface area contributed by atoms with Crippen LogP contribution in [-0.2, 0) is 16.6 Å². The van der Waals surface area contributed by atoms with Crippen LogP contribution in [0.5, 0.6) is 0 Å². The molecule has 30 heavy (non-hydrogen) atoms. The molecule has 0 spiro atoms. The van der Waals surface area contributed by atoms with Gasteiger partial charge in [0.05, 0.1) is 11.4 Å². The predicted molar refractivity (Wildman–Crippen MR) is 134 cm³/mol. The average Bonchev–Trinajstić information content (AvgIpc) is 2.73.